The maximum absolute atomic E-state index is 10.0. The molecule has 10 heteroatoms. The number of hydrogen-bond acceptors (Lipinski definition) is 8. The van der Waals surface area contributed by atoms with E-state index in [1.165, 1.54) is 4.68 Å². The standard InChI is InChI=1S/C13H17N9O/c1-3-20(4-2)9-21-12(14-16-18-21)13-15-17-19-22(13)10-7-5-6-8-11(10)23/h5-8,23H,3-4,9H2,1-2H3. The first kappa shape index (κ1) is 15.0. The molecule has 23 heavy (non-hydrogen) atoms. The van der Waals surface area contributed by atoms with Gasteiger partial charge in [0.05, 0.1) is 6.67 Å². The van der Waals surface area contributed by atoms with Crippen LogP contribution in [-0.2, 0) is 6.67 Å². The molecule has 0 aliphatic rings. The molecule has 0 saturated heterocycles. The van der Waals surface area contributed by atoms with E-state index in [0.29, 0.717) is 24.0 Å². The second-order valence-corrected chi connectivity index (χ2v) is 4.85. The average Bonchev–Trinajstić information content (AvgIpc) is 3.21. The molecule has 120 valence electrons. The van der Waals surface area contributed by atoms with Gasteiger partial charge in [-0.25, -0.2) is 4.68 Å². The summed E-state index contributed by atoms with van der Waals surface area (Å²) in [6.45, 7) is 6.42. The van der Waals surface area contributed by atoms with E-state index in [1.54, 1.807) is 28.9 Å². The number of para-hydroxylation sites is 2. The Labute approximate surface area is 132 Å². The minimum absolute atomic E-state index is 0.0730. The molecular weight excluding hydrogens is 298 g/mol. The zero-order valence-corrected chi connectivity index (χ0v) is 12.9. The van der Waals surface area contributed by atoms with Gasteiger partial charge in [0.1, 0.15) is 11.4 Å². The highest BCUT2D eigenvalue weighted by Crippen LogP contribution is 2.23. The Morgan fingerprint density at radius 1 is 1.00 bits per heavy atom. The quantitative estimate of drug-likeness (QED) is 0.692. The number of rotatable bonds is 6. The van der Waals surface area contributed by atoms with Crippen LogP contribution in [0.15, 0.2) is 24.3 Å². The van der Waals surface area contributed by atoms with E-state index in [0.717, 1.165) is 13.1 Å². The Bertz CT molecular complexity index is 777. The summed E-state index contributed by atoms with van der Waals surface area (Å²) < 4.78 is 3.05. The van der Waals surface area contributed by atoms with Crippen molar-refractivity contribution < 1.29 is 5.11 Å². The maximum atomic E-state index is 10.0. The SMILES string of the molecule is CCN(CC)Cn1nnnc1-c1nnnn1-c1ccccc1O. The molecule has 2 heterocycles. The number of aromatic nitrogens is 8. The molecule has 0 amide bonds. The van der Waals surface area contributed by atoms with Crippen LogP contribution in [0.1, 0.15) is 13.8 Å². The van der Waals surface area contributed by atoms with E-state index in [1.807, 2.05) is 0 Å². The first-order valence-electron chi connectivity index (χ1n) is 7.30. The molecule has 10 nitrogen and oxygen atoms in total. The van der Waals surface area contributed by atoms with E-state index >= 15 is 0 Å². The molecule has 0 fully saturated rings. The van der Waals surface area contributed by atoms with Crippen molar-refractivity contribution >= 4 is 0 Å². The van der Waals surface area contributed by atoms with Crippen LogP contribution in [0.2, 0.25) is 0 Å². The largest absolute Gasteiger partial charge is 0.506 e. The number of hydrogen-bond donors (Lipinski definition) is 1. The predicted molar refractivity (Wildman–Crippen MR) is 80.6 cm³/mol. The van der Waals surface area contributed by atoms with Crippen molar-refractivity contribution in [3.8, 4) is 23.1 Å². The number of phenolic OH excluding ortho intramolecular Hbond substituents is 1. The molecule has 0 aliphatic carbocycles. The van der Waals surface area contributed by atoms with E-state index < -0.39 is 0 Å². The Morgan fingerprint density at radius 3 is 2.43 bits per heavy atom. The van der Waals surface area contributed by atoms with Gasteiger partial charge >= 0.3 is 0 Å². The Hall–Kier alpha value is -2.88. The van der Waals surface area contributed by atoms with Gasteiger partial charge in [0, 0.05) is 0 Å². The first-order valence-corrected chi connectivity index (χ1v) is 7.30. The lowest BCUT2D eigenvalue weighted by molar-refractivity contribution is 0.228. The van der Waals surface area contributed by atoms with Crippen molar-refractivity contribution in [2.45, 2.75) is 20.5 Å². The highest BCUT2D eigenvalue weighted by Gasteiger charge is 2.20. The number of nitrogens with zero attached hydrogens (tertiary/aromatic N) is 9. The number of aromatic hydroxyl groups is 1. The third-order valence-electron chi connectivity index (χ3n) is 3.54. The van der Waals surface area contributed by atoms with Gasteiger partial charge < -0.3 is 5.11 Å². The fourth-order valence-electron chi connectivity index (χ4n) is 2.21. The second kappa shape index (κ2) is 6.48. The van der Waals surface area contributed by atoms with Gasteiger partial charge in [0.2, 0.25) is 11.6 Å². The molecule has 3 aromatic rings. The van der Waals surface area contributed by atoms with Gasteiger partial charge in [-0.05, 0) is 46.1 Å². The molecule has 1 N–H and O–H groups in total. The molecular formula is C13H17N9O. The van der Waals surface area contributed by atoms with Crippen LogP contribution >= 0.6 is 0 Å². The summed E-state index contributed by atoms with van der Waals surface area (Å²) in [7, 11) is 0. The number of phenols is 1. The van der Waals surface area contributed by atoms with Gasteiger partial charge in [0.15, 0.2) is 0 Å². The summed E-state index contributed by atoms with van der Waals surface area (Å²) in [5.41, 5.74) is 0.463. The van der Waals surface area contributed by atoms with Crippen LogP contribution in [0.25, 0.3) is 17.3 Å². The van der Waals surface area contributed by atoms with Crippen molar-refractivity contribution in [2.75, 3.05) is 13.1 Å². The third-order valence-corrected chi connectivity index (χ3v) is 3.54. The topological polar surface area (TPSA) is 111 Å². The Morgan fingerprint density at radius 2 is 1.70 bits per heavy atom. The van der Waals surface area contributed by atoms with Gasteiger partial charge in [-0.15, -0.1) is 10.2 Å². The smallest absolute Gasteiger partial charge is 0.226 e. The van der Waals surface area contributed by atoms with E-state index in [-0.39, 0.29) is 5.75 Å². The normalized spacial score (nSPS) is 11.3. The van der Waals surface area contributed by atoms with Crippen LogP contribution in [0.4, 0.5) is 0 Å². The lowest BCUT2D eigenvalue weighted by Crippen LogP contribution is -2.27. The van der Waals surface area contributed by atoms with Crippen LogP contribution in [0.5, 0.6) is 5.75 Å². The van der Waals surface area contributed by atoms with Crippen LogP contribution in [0, 0.1) is 0 Å². The molecule has 2 aromatic heterocycles. The summed E-state index contributed by atoms with van der Waals surface area (Å²) >= 11 is 0. The summed E-state index contributed by atoms with van der Waals surface area (Å²) in [5.74, 6) is 0.873. The molecule has 0 saturated carbocycles. The fourth-order valence-corrected chi connectivity index (χ4v) is 2.21. The lowest BCUT2D eigenvalue weighted by Gasteiger charge is -2.17. The minimum atomic E-state index is 0.0730. The van der Waals surface area contributed by atoms with Crippen molar-refractivity contribution in [1.82, 2.24) is 45.3 Å². The molecule has 0 unspecified atom stereocenters. The molecule has 1 aromatic carbocycles. The fraction of sp³-hybridized carbons (Fsp3) is 0.385. The average molecular weight is 315 g/mol. The zero-order chi connectivity index (χ0) is 16.2. The summed E-state index contributed by atoms with van der Waals surface area (Å²) in [6, 6.07) is 6.81. The predicted octanol–water partition coefficient (Wildman–Crippen LogP) is 0.321. The van der Waals surface area contributed by atoms with E-state index in [2.05, 4.69) is 49.8 Å². The maximum Gasteiger partial charge on any atom is 0.226 e. The highest BCUT2D eigenvalue weighted by molar-refractivity contribution is 5.52. The first-order chi connectivity index (χ1) is 11.2. The summed E-state index contributed by atoms with van der Waals surface area (Å²) in [4.78, 5) is 2.16. The van der Waals surface area contributed by atoms with Crippen LogP contribution in [-0.4, -0.2) is 63.5 Å². The van der Waals surface area contributed by atoms with Gasteiger partial charge in [-0.2, -0.15) is 4.68 Å². The molecule has 0 bridgehead atoms. The highest BCUT2D eigenvalue weighted by atomic mass is 16.3. The zero-order valence-electron chi connectivity index (χ0n) is 12.9. The van der Waals surface area contributed by atoms with Gasteiger partial charge in [0.25, 0.3) is 0 Å². The minimum Gasteiger partial charge on any atom is -0.506 e. The van der Waals surface area contributed by atoms with E-state index in [4.69, 9.17) is 0 Å². The van der Waals surface area contributed by atoms with Gasteiger partial charge in [-0.3, -0.25) is 4.90 Å². The Balaban J connectivity index is 2.01. The molecule has 0 aliphatic heterocycles. The number of benzene rings is 1. The summed E-state index contributed by atoms with van der Waals surface area (Å²) in [6.07, 6.45) is 0. The molecule has 0 spiro atoms. The van der Waals surface area contributed by atoms with Crippen molar-refractivity contribution in [3.63, 3.8) is 0 Å². The van der Waals surface area contributed by atoms with E-state index in [9.17, 15) is 5.11 Å². The second-order valence-electron chi connectivity index (χ2n) is 4.85. The monoisotopic (exact) mass is 315 g/mol. The van der Waals surface area contributed by atoms with Crippen molar-refractivity contribution in [3.05, 3.63) is 24.3 Å². The van der Waals surface area contributed by atoms with Crippen LogP contribution in [0.3, 0.4) is 0 Å². The third kappa shape index (κ3) is 2.88. The van der Waals surface area contributed by atoms with Gasteiger partial charge in [-0.1, -0.05) is 26.0 Å². The Kier molecular flexibility index (Phi) is 4.24. The molecule has 3 rings (SSSR count). The van der Waals surface area contributed by atoms with Crippen molar-refractivity contribution in [1.29, 1.82) is 0 Å². The molecule has 0 atom stereocenters. The lowest BCUT2D eigenvalue weighted by atomic mass is 10.3. The number of tetrazole rings is 2. The van der Waals surface area contributed by atoms with Crippen molar-refractivity contribution in [2.24, 2.45) is 0 Å². The molecule has 0 radical (unpaired) electrons. The van der Waals surface area contributed by atoms with Crippen LogP contribution < -0.4 is 0 Å². The summed E-state index contributed by atoms with van der Waals surface area (Å²) in [5, 5.41) is 33.4.